The van der Waals surface area contributed by atoms with Crippen molar-refractivity contribution in [2.24, 2.45) is 11.8 Å². The number of amides is 1. The molecule has 3 rings (SSSR count). The molecule has 0 unspecified atom stereocenters. The molecule has 2 atom stereocenters. The van der Waals surface area contributed by atoms with Gasteiger partial charge in [-0.15, -0.1) is 11.3 Å². The zero-order chi connectivity index (χ0) is 17.1. The molecule has 0 radical (unpaired) electrons. The van der Waals surface area contributed by atoms with Crippen LogP contribution in [0.25, 0.3) is 11.3 Å². The second kappa shape index (κ2) is 7.32. The number of halogens is 1. The molecular weight excluding hydrogens is 348 g/mol. The highest BCUT2D eigenvalue weighted by atomic mass is 35.5. The Bertz CT molecular complexity index is 745. The predicted molar refractivity (Wildman–Crippen MR) is 94.3 cm³/mol. The zero-order valence-corrected chi connectivity index (χ0v) is 14.4. The Labute approximate surface area is 148 Å². The van der Waals surface area contributed by atoms with Crippen LogP contribution in [0.5, 0.6) is 0 Å². The number of carboxylic acid groups (broad SMARTS) is 1. The number of benzene rings is 1. The van der Waals surface area contributed by atoms with Gasteiger partial charge in [-0.2, -0.15) is 0 Å². The van der Waals surface area contributed by atoms with E-state index < -0.39 is 17.8 Å². The summed E-state index contributed by atoms with van der Waals surface area (Å²) in [6.45, 7) is 0. The Balaban J connectivity index is 1.70. The van der Waals surface area contributed by atoms with Gasteiger partial charge in [0.2, 0.25) is 5.91 Å². The van der Waals surface area contributed by atoms with Crippen LogP contribution in [0.1, 0.15) is 25.7 Å². The van der Waals surface area contributed by atoms with Gasteiger partial charge in [0.25, 0.3) is 0 Å². The number of nitrogens with one attached hydrogen (secondary N) is 1. The van der Waals surface area contributed by atoms with Gasteiger partial charge >= 0.3 is 5.97 Å². The zero-order valence-electron chi connectivity index (χ0n) is 12.9. The van der Waals surface area contributed by atoms with Crippen molar-refractivity contribution in [1.82, 2.24) is 4.98 Å². The van der Waals surface area contributed by atoms with Gasteiger partial charge in [0.15, 0.2) is 5.13 Å². The Morgan fingerprint density at radius 2 is 1.83 bits per heavy atom. The summed E-state index contributed by atoms with van der Waals surface area (Å²) in [6, 6.07) is 7.30. The first-order valence-electron chi connectivity index (χ1n) is 7.80. The molecule has 1 aliphatic carbocycles. The maximum Gasteiger partial charge on any atom is 0.307 e. The van der Waals surface area contributed by atoms with Crippen molar-refractivity contribution in [2.45, 2.75) is 25.7 Å². The van der Waals surface area contributed by atoms with E-state index in [1.54, 1.807) is 12.1 Å². The molecule has 1 aromatic carbocycles. The molecule has 0 saturated heterocycles. The van der Waals surface area contributed by atoms with Gasteiger partial charge < -0.3 is 10.4 Å². The van der Waals surface area contributed by atoms with Crippen LogP contribution in [0.4, 0.5) is 5.13 Å². The first-order valence-corrected chi connectivity index (χ1v) is 9.05. The summed E-state index contributed by atoms with van der Waals surface area (Å²) >= 11 is 7.20. The standard InChI is InChI=1S/C17H17ClN2O3S/c18-11-7-5-10(6-8-11)14-9-24-17(19-14)20-15(21)12-3-1-2-4-13(12)16(22)23/h5-9,12-13H,1-4H2,(H,22,23)(H,19,20,21)/t12-,13-/m0/s1. The lowest BCUT2D eigenvalue weighted by Crippen LogP contribution is -2.36. The molecule has 7 heteroatoms. The van der Waals surface area contributed by atoms with Gasteiger partial charge in [-0.1, -0.05) is 36.6 Å². The number of nitrogens with zero attached hydrogens (tertiary/aromatic N) is 1. The second-order valence-electron chi connectivity index (χ2n) is 5.87. The van der Waals surface area contributed by atoms with Gasteiger partial charge in [-0.3, -0.25) is 9.59 Å². The van der Waals surface area contributed by atoms with Gasteiger partial charge in [-0.05, 0) is 25.0 Å². The molecule has 1 aliphatic rings. The van der Waals surface area contributed by atoms with Crippen molar-refractivity contribution in [1.29, 1.82) is 0 Å². The number of aliphatic carboxylic acids is 1. The highest BCUT2D eigenvalue weighted by Gasteiger charge is 2.35. The third-order valence-electron chi connectivity index (χ3n) is 4.29. The van der Waals surface area contributed by atoms with E-state index in [1.807, 2.05) is 17.5 Å². The number of carbonyl (C=O) groups excluding carboxylic acids is 1. The third-order valence-corrected chi connectivity index (χ3v) is 5.30. The van der Waals surface area contributed by atoms with Crippen molar-refractivity contribution in [3.63, 3.8) is 0 Å². The van der Waals surface area contributed by atoms with Crippen LogP contribution in [0.2, 0.25) is 5.02 Å². The van der Waals surface area contributed by atoms with E-state index in [2.05, 4.69) is 10.3 Å². The number of hydrogen-bond donors (Lipinski definition) is 2. The number of carboxylic acids is 1. The fraction of sp³-hybridized carbons (Fsp3) is 0.353. The van der Waals surface area contributed by atoms with Crippen molar-refractivity contribution < 1.29 is 14.7 Å². The SMILES string of the molecule is O=C(O)[C@H]1CCCC[C@@H]1C(=O)Nc1nc(-c2ccc(Cl)cc2)cs1. The van der Waals surface area contributed by atoms with E-state index in [0.29, 0.717) is 23.0 Å². The van der Waals surface area contributed by atoms with Gasteiger partial charge in [0.05, 0.1) is 17.5 Å². The van der Waals surface area contributed by atoms with E-state index in [4.69, 9.17) is 11.6 Å². The number of thiazole rings is 1. The molecule has 1 aromatic heterocycles. The van der Waals surface area contributed by atoms with E-state index >= 15 is 0 Å². The van der Waals surface area contributed by atoms with Gasteiger partial charge in [0.1, 0.15) is 0 Å². The van der Waals surface area contributed by atoms with E-state index in [-0.39, 0.29) is 5.91 Å². The monoisotopic (exact) mass is 364 g/mol. The van der Waals surface area contributed by atoms with Crippen molar-refractivity contribution >= 4 is 39.9 Å². The first-order chi connectivity index (χ1) is 11.5. The summed E-state index contributed by atoms with van der Waals surface area (Å²) < 4.78 is 0. The molecule has 2 N–H and O–H groups in total. The van der Waals surface area contributed by atoms with Crippen LogP contribution in [0.3, 0.4) is 0 Å². The smallest absolute Gasteiger partial charge is 0.307 e. The summed E-state index contributed by atoms with van der Waals surface area (Å²) in [5, 5.41) is 15.1. The Kier molecular flexibility index (Phi) is 5.16. The summed E-state index contributed by atoms with van der Waals surface area (Å²) in [5.74, 6) is -2.23. The van der Waals surface area contributed by atoms with Crippen LogP contribution in [0.15, 0.2) is 29.6 Å². The maximum atomic E-state index is 12.4. The largest absolute Gasteiger partial charge is 0.481 e. The Morgan fingerprint density at radius 3 is 2.50 bits per heavy atom. The molecule has 2 aromatic rings. The van der Waals surface area contributed by atoms with Gasteiger partial charge in [0, 0.05) is 16.0 Å². The highest BCUT2D eigenvalue weighted by Crippen LogP contribution is 2.32. The Hall–Kier alpha value is -1.92. The van der Waals surface area contributed by atoms with Crippen molar-refractivity contribution in [2.75, 3.05) is 5.32 Å². The molecule has 0 bridgehead atoms. The van der Waals surface area contributed by atoms with Crippen LogP contribution >= 0.6 is 22.9 Å². The highest BCUT2D eigenvalue weighted by molar-refractivity contribution is 7.14. The number of hydrogen-bond acceptors (Lipinski definition) is 4. The molecule has 1 amide bonds. The molecule has 1 saturated carbocycles. The second-order valence-corrected chi connectivity index (χ2v) is 7.16. The van der Waals surface area contributed by atoms with E-state index in [9.17, 15) is 14.7 Å². The summed E-state index contributed by atoms with van der Waals surface area (Å²) in [7, 11) is 0. The van der Waals surface area contributed by atoms with Crippen LogP contribution in [-0.2, 0) is 9.59 Å². The average molecular weight is 365 g/mol. The summed E-state index contributed by atoms with van der Waals surface area (Å²) in [5.41, 5.74) is 1.67. The maximum absolute atomic E-state index is 12.4. The van der Waals surface area contributed by atoms with Crippen molar-refractivity contribution in [3.05, 3.63) is 34.7 Å². The lowest BCUT2D eigenvalue weighted by molar-refractivity contribution is -0.147. The predicted octanol–water partition coefficient (Wildman–Crippen LogP) is 4.29. The third kappa shape index (κ3) is 3.76. The molecule has 5 nitrogen and oxygen atoms in total. The number of rotatable bonds is 4. The van der Waals surface area contributed by atoms with Crippen LogP contribution in [0, 0.1) is 11.8 Å². The quantitative estimate of drug-likeness (QED) is 0.848. The fourth-order valence-corrected chi connectivity index (χ4v) is 3.87. The first kappa shape index (κ1) is 16.9. The minimum Gasteiger partial charge on any atom is -0.481 e. The van der Waals surface area contributed by atoms with Crippen molar-refractivity contribution in [3.8, 4) is 11.3 Å². The van der Waals surface area contributed by atoms with Crippen LogP contribution in [-0.4, -0.2) is 22.0 Å². The molecule has 24 heavy (non-hydrogen) atoms. The van der Waals surface area contributed by atoms with Crippen LogP contribution < -0.4 is 5.32 Å². The molecule has 1 heterocycles. The minimum atomic E-state index is -0.893. The lowest BCUT2D eigenvalue weighted by Gasteiger charge is -2.26. The summed E-state index contributed by atoms with van der Waals surface area (Å²) in [4.78, 5) is 28.2. The number of aromatic nitrogens is 1. The normalized spacial score (nSPS) is 20.5. The Morgan fingerprint density at radius 1 is 1.17 bits per heavy atom. The number of anilines is 1. The molecular formula is C17H17ClN2O3S. The fourth-order valence-electron chi connectivity index (χ4n) is 3.02. The summed E-state index contributed by atoms with van der Waals surface area (Å²) in [6.07, 6.45) is 2.91. The average Bonchev–Trinajstić information content (AvgIpc) is 3.04. The molecule has 0 aliphatic heterocycles. The minimum absolute atomic E-state index is 0.251. The van der Waals surface area contributed by atoms with E-state index in [1.165, 1.54) is 11.3 Å². The topological polar surface area (TPSA) is 79.3 Å². The molecule has 126 valence electrons. The lowest BCUT2D eigenvalue weighted by atomic mass is 9.79. The molecule has 1 fully saturated rings. The molecule has 0 spiro atoms. The van der Waals surface area contributed by atoms with E-state index in [0.717, 1.165) is 24.1 Å². The van der Waals surface area contributed by atoms with Gasteiger partial charge in [-0.25, -0.2) is 4.98 Å². The number of carbonyl (C=O) groups is 2.